The summed E-state index contributed by atoms with van der Waals surface area (Å²) in [4.78, 5) is 22.8. The summed E-state index contributed by atoms with van der Waals surface area (Å²) in [6.07, 6.45) is 13.5. The molecule has 1 saturated carbocycles. The minimum Gasteiger partial charge on any atom is -0.346 e. The molecule has 1 N–H and O–H groups in total. The summed E-state index contributed by atoms with van der Waals surface area (Å²) >= 11 is 0. The number of fused-ring (bicyclic) bond motifs is 1. The van der Waals surface area contributed by atoms with Crippen molar-refractivity contribution in [2.24, 2.45) is 7.05 Å². The van der Waals surface area contributed by atoms with Crippen LogP contribution in [-0.4, -0.2) is 43.6 Å². The van der Waals surface area contributed by atoms with Crippen LogP contribution >= 0.6 is 0 Å². The zero-order valence-corrected chi connectivity index (χ0v) is 16.2. The van der Waals surface area contributed by atoms with Crippen LogP contribution in [0.25, 0.3) is 16.6 Å². The molecule has 0 saturated heterocycles. The molecule has 5 rings (SSSR count). The monoisotopic (exact) mass is 375 g/mol. The van der Waals surface area contributed by atoms with Gasteiger partial charge >= 0.3 is 0 Å². The molecule has 28 heavy (non-hydrogen) atoms. The van der Waals surface area contributed by atoms with Crippen molar-refractivity contribution in [2.45, 2.75) is 38.0 Å². The number of pyridine rings is 1. The molecule has 0 radical (unpaired) electrons. The van der Waals surface area contributed by atoms with Crippen LogP contribution in [-0.2, 0) is 7.05 Å². The maximum absolute atomic E-state index is 13.2. The predicted molar refractivity (Wildman–Crippen MR) is 109 cm³/mol. The molecule has 144 valence electrons. The number of amides is 1. The molecule has 0 unspecified atom stereocenters. The first-order valence-electron chi connectivity index (χ1n) is 10.1. The van der Waals surface area contributed by atoms with E-state index in [1.165, 1.54) is 24.0 Å². The van der Waals surface area contributed by atoms with E-state index in [0.717, 1.165) is 48.1 Å². The van der Waals surface area contributed by atoms with Crippen molar-refractivity contribution in [3.05, 3.63) is 53.6 Å². The molecule has 3 aromatic heterocycles. The van der Waals surface area contributed by atoms with Gasteiger partial charge in [-0.05, 0) is 37.0 Å². The number of H-pyrrole nitrogens is 1. The second kappa shape index (κ2) is 6.93. The summed E-state index contributed by atoms with van der Waals surface area (Å²) in [5, 5.41) is 5.78. The fourth-order valence-corrected chi connectivity index (χ4v) is 4.66. The van der Waals surface area contributed by atoms with Gasteiger partial charge in [0, 0.05) is 55.6 Å². The van der Waals surface area contributed by atoms with Crippen molar-refractivity contribution in [1.82, 2.24) is 24.6 Å². The molecule has 0 spiro atoms. The molecule has 0 atom stereocenters. The molecular weight excluding hydrogens is 350 g/mol. The lowest BCUT2D eigenvalue weighted by Crippen LogP contribution is -2.35. The molecule has 0 bridgehead atoms. The van der Waals surface area contributed by atoms with E-state index < -0.39 is 0 Å². The van der Waals surface area contributed by atoms with E-state index in [2.05, 4.69) is 27.2 Å². The van der Waals surface area contributed by atoms with Crippen LogP contribution in [0.5, 0.6) is 0 Å². The van der Waals surface area contributed by atoms with Gasteiger partial charge in [0.25, 0.3) is 5.91 Å². The highest BCUT2D eigenvalue weighted by Gasteiger charge is 2.29. The van der Waals surface area contributed by atoms with Crippen molar-refractivity contribution in [1.29, 1.82) is 0 Å². The Bertz CT molecular complexity index is 1050. The summed E-state index contributed by atoms with van der Waals surface area (Å²) in [5.41, 5.74) is 5.19. The van der Waals surface area contributed by atoms with Crippen molar-refractivity contribution >= 4 is 22.5 Å². The van der Waals surface area contributed by atoms with E-state index in [-0.39, 0.29) is 5.91 Å². The van der Waals surface area contributed by atoms with Gasteiger partial charge in [0.05, 0.1) is 11.3 Å². The average molecular weight is 375 g/mol. The van der Waals surface area contributed by atoms with Gasteiger partial charge < -0.3 is 9.88 Å². The second-order valence-corrected chi connectivity index (χ2v) is 7.92. The summed E-state index contributed by atoms with van der Waals surface area (Å²) < 4.78 is 1.80. The Morgan fingerprint density at radius 3 is 2.93 bits per heavy atom. The number of rotatable bonds is 3. The zero-order valence-electron chi connectivity index (χ0n) is 16.2. The van der Waals surface area contributed by atoms with Crippen LogP contribution in [0.1, 0.15) is 59.6 Å². The van der Waals surface area contributed by atoms with Gasteiger partial charge in [0.1, 0.15) is 5.65 Å². The highest BCUT2D eigenvalue weighted by Crippen LogP contribution is 2.35. The van der Waals surface area contributed by atoms with Gasteiger partial charge in [0.15, 0.2) is 0 Å². The fraction of sp³-hybridized carbons (Fsp3) is 0.409. The smallest absolute Gasteiger partial charge is 0.257 e. The number of nitrogens with one attached hydrogen (secondary N) is 1. The van der Waals surface area contributed by atoms with Crippen LogP contribution in [0.3, 0.4) is 0 Å². The van der Waals surface area contributed by atoms with Crippen molar-refractivity contribution in [3.8, 4) is 0 Å². The first-order valence-corrected chi connectivity index (χ1v) is 10.1. The van der Waals surface area contributed by atoms with Crippen LogP contribution in [0.4, 0.5) is 0 Å². The average Bonchev–Trinajstić information content (AvgIpc) is 3.46. The zero-order chi connectivity index (χ0) is 19.1. The molecular formula is C22H25N5O. The highest BCUT2D eigenvalue weighted by atomic mass is 16.2. The van der Waals surface area contributed by atoms with Gasteiger partial charge in [0.2, 0.25) is 0 Å². The molecule has 1 amide bonds. The van der Waals surface area contributed by atoms with E-state index in [0.29, 0.717) is 12.5 Å². The summed E-state index contributed by atoms with van der Waals surface area (Å²) in [6.45, 7) is 1.37. The number of aryl methyl sites for hydroxylation is 1. The normalized spacial score (nSPS) is 18.0. The Morgan fingerprint density at radius 2 is 2.14 bits per heavy atom. The minimum atomic E-state index is 0.117. The van der Waals surface area contributed by atoms with Crippen LogP contribution in [0.15, 0.2) is 36.8 Å². The van der Waals surface area contributed by atoms with E-state index in [1.54, 1.807) is 10.9 Å². The Morgan fingerprint density at radius 1 is 1.29 bits per heavy atom. The number of aromatic nitrogens is 4. The summed E-state index contributed by atoms with van der Waals surface area (Å²) in [7, 11) is 1.91. The Labute approximate surface area is 164 Å². The Hall–Kier alpha value is -2.89. The molecule has 6 heteroatoms. The lowest BCUT2D eigenvalue weighted by atomic mass is 9.97. The number of aromatic amines is 1. The number of nitrogens with zero attached hydrogens (tertiary/aromatic N) is 4. The van der Waals surface area contributed by atoms with E-state index in [4.69, 9.17) is 0 Å². The second-order valence-electron chi connectivity index (χ2n) is 7.92. The first kappa shape index (κ1) is 17.2. The molecule has 6 nitrogen and oxygen atoms in total. The van der Waals surface area contributed by atoms with E-state index in [9.17, 15) is 4.79 Å². The maximum Gasteiger partial charge on any atom is 0.257 e. The van der Waals surface area contributed by atoms with Gasteiger partial charge in [-0.3, -0.25) is 9.48 Å². The lowest BCUT2D eigenvalue weighted by molar-refractivity contribution is 0.0771. The molecule has 3 aromatic rings. The number of hydrogen-bond donors (Lipinski definition) is 1. The van der Waals surface area contributed by atoms with Crippen molar-refractivity contribution in [2.75, 3.05) is 13.1 Å². The maximum atomic E-state index is 13.2. The quantitative estimate of drug-likeness (QED) is 0.755. The topological polar surface area (TPSA) is 66.8 Å². The third kappa shape index (κ3) is 2.93. The van der Waals surface area contributed by atoms with Gasteiger partial charge in [-0.1, -0.05) is 18.9 Å². The van der Waals surface area contributed by atoms with Crippen LogP contribution < -0.4 is 0 Å². The third-order valence-electron chi connectivity index (χ3n) is 6.12. The molecule has 1 fully saturated rings. The first-order chi connectivity index (χ1) is 13.7. The highest BCUT2D eigenvalue weighted by molar-refractivity contribution is 5.96. The standard InChI is InChI=1S/C22H25N5O/c1-26-14-19(20(25-26)16-5-2-3-6-16)22(28)27-11-8-15(9-12-27)18-13-24-21-17(18)7-4-10-23-21/h4,7-8,10,13-14,16H,2-3,5-6,9,11-12H2,1H3,(H,23,24). The third-order valence-corrected chi connectivity index (χ3v) is 6.12. The predicted octanol–water partition coefficient (Wildman–Crippen LogP) is 3.88. The van der Waals surface area contributed by atoms with Gasteiger partial charge in [-0.25, -0.2) is 4.98 Å². The largest absolute Gasteiger partial charge is 0.346 e. The summed E-state index contributed by atoms with van der Waals surface area (Å²) in [6, 6.07) is 4.06. The van der Waals surface area contributed by atoms with E-state index >= 15 is 0 Å². The summed E-state index contributed by atoms with van der Waals surface area (Å²) in [5.74, 6) is 0.556. The van der Waals surface area contributed by atoms with Gasteiger partial charge in [-0.15, -0.1) is 0 Å². The Balaban J connectivity index is 1.37. The number of carbonyl (C=O) groups excluding carboxylic acids is 1. The SMILES string of the molecule is Cn1cc(C(=O)N2CC=C(c3c[nH]c4ncccc34)CC2)c(C2CCCC2)n1. The van der Waals surface area contributed by atoms with Crippen molar-refractivity contribution in [3.63, 3.8) is 0 Å². The molecule has 2 aliphatic rings. The molecule has 1 aliphatic heterocycles. The molecule has 4 heterocycles. The van der Waals surface area contributed by atoms with Crippen LogP contribution in [0.2, 0.25) is 0 Å². The number of hydrogen-bond acceptors (Lipinski definition) is 3. The number of carbonyl (C=O) groups is 1. The molecule has 1 aliphatic carbocycles. The minimum absolute atomic E-state index is 0.117. The lowest BCUT2D eigenvalue weighted by Gasteiger charge is -2.26. The molecule has 0 aromatic carbocycles. The Kier molecular flexibility index (Phi) is 4.26. The van der Waals surface area contributed by atoms with Crippen LogP contribution in [0, 0.1) is 0 Å². The van der Waals surface area contributed by atoms with E-state index in [1.807, 2.05) is 30.4 Å². The fourth-order valence-electron chi connectivity index (χ4n) is 4.66. The van der Waals surface area contributed by atoms with Crippen molar-refractivity contribution < 1.29 is 4.79 Å². The van der Waals surface area contributed by atoms with Gasteiger partial charge in [-0.2, -0.15) is 5.10 Å².